The van der Waals surface area contributed by atoms with Gasteiger partial charge in [-0.1, -0.05) is 6.92 Å². The molecule has 0 bridgehead atoms. The molecule has 0 aliphatic heterocycles. The lowest BCUT2D eigenvalue weighted by Gasteiger charge is -2.08. The molecule has 1 heterocycles. The average molecular weight is 283 g/mol. The highest BCUT2D eigenvalue weighted by Crippen LogP contribution is 1.96. The van der Waals surface area contributed by atoms with Crippen LogP contribution in [0.15, 0.2) is 17.2 Å². The van der Waals surface area contributed by atoms with E-state index in [0.29, 0.717) is 25.6 Å². The number of anilines is 1. The molecule has 20 heavy (non-hydrogen) atoms. The number of nitrogens with one attached hydrogen (secondary N) is 1. The predicted octanol–water partition coefficient (Wildman–Crippen LogP) is 1.51. The van der Waals surface area contributed by atoms with Gasteiger partial charge in [0, 0.05) is 39.2 Å². The van der Waals surface area contributed by atoms with Crippen molar-refractivity contribution in [3.05, 3.63) is 22.7 Å². The summed E-state index contributed by atoms with van der Waals surface area (Å²) in [7, 11) is 1.66. The number of nitrogens with zero attached hydrogens (tertiary/aromatic N) is 2. The summed E-state index contributed by atoms with van der Waals surface area (Å²) in [6, 6.07) is 0. The predicted molar refractivity (Wildman–Crippen MR) is 79.2 cm³/mol. The zero-order valence-electron chi connectivity index (χ0n) is 12.4. The van der Waals surface area contributed by atoms with E-state index in [4.69, 9.17) is 9.47 Å². The maximum absolute atomic E-state index is 12.0. The number of ether oxygens (including phenoxy) is 2. The highest BCUT2D eigenvalue weighted by Gasteiger charge is 2.02. The van der Waals surface area contributed by atoms with Crippen molar-refractivity contribution in [1.29, 1.82) is 0 Å². The maximum atomic E-state index is 12.0. The van der Waals surface area contributed by atoms with Gasteiger partial charge < -0.3 is 19.4 Å². The first-order valence-corrected chi connectivity index (χ1v) is 7.15. The van der Waals surface area contributed by atoms with Gasteiger partial charge in [0.15, 0.2) is 5.82 Å². The lowest BCUT2D eigenvalue weighted by molar-refractivity contribution is 0.0691. The maximum Gasteiger partial charge on any atom is 0.293 e. The molecule has 0 spiro atoms. The normalized spacial score (nSPS) is 10.7. The van der Waals surface area contributed by atoms with Crippen LogP contribution in [0.5, 0.6) is 0 Å². The molecule has 1 rings (SSSR count). The van der Waals surface area contributed by atoms with Crippen LogP contribution >= 0.6 is 0 Å². The minimum Gasteiger partial charge on any atom is -0.382 e. The van der Waals surface area contributed by atoms with Gasteiger partial charge in [-0.25, -0.2) is 4.98 Å². The summed E-state index contributed by atoms with van der Waals surface area (Å²) in [5.41, 5.74) is -0.0503. The van der Waals surface area contributed by atoms with Crippen molar-refractivity contribution in [2.75, 3.05) is 38.8 Å². The van der Waals surface area contributed by atoms with E-state index in [2.05, 4.69) is 10.3 Å². The van der Waals surface area contributed by atoms with Crippen molar-refractivity contribution in [3.63, 3.8) is 0 Å². The van der Waals surface area contributed by atoms with Crippen LogP contribution in [0.25, 0.3) is 0 Å². The molecule has 6 heteroatoms. The molecule has 1 aromatic heterocycles. The number of unbranched alkanes of at least 4 members (excludes halogenated alkanes) is 1. The highest BCUT2D eigenvalue weighted by atomic mass is 16.5. The minimum absolute atomic E-state index is 0.0503. The molecule has 6 nitrogen and oxygen atoms in total. The lowest BCUT2D eigenvalue weighted by atomic mass is 10.3. The van der Waals surface area contributed by atoms with Gasteiger partial charge in [-0.3, -0.25) is 4.79 Å². The fourth-order valence-corrected chi connectivity index (χ4v) is 1.77. The Morgan fingerprint density at radius 1 is 1.30 bits per heavy atom. The molecule has 0 unspecified atom stereocenters. The molecule has 114 valence electrons. The molecule has 1 aromatic rings. The Balaban J connectivity index is 2.22. The molecular weight excluding hydrogens is 258 g/mol. The number of hydrogen-bond acceptors (Lipinski definition) is 5. The summed E-state index contributed by atoms with van der Waals surface area (Å²) in [6.07, 6.45) is 6.21. The van der Waals surface area contributed by atoms with Crippen LogP contribution in [0.2, 0.25) is 0 Å². The van der Waals surface area contributed by atoms with E-state index in [1.807, 2.05) is 6.92 Å². The first-order chi connectivity index (χ1) is 9.79. The Morgan fingerprint density at radius 3 is 2.90 bits per heavy atom. The molecule has 0 amide bonds. The second-order valence-corrected chi connectivity index (χ2v) is 4.51. The highest BCUT2D eigenvalue weighted by molar-refractivity contribution is 5.30. The van der Waals surface area contributed by atoms with E-state index in [0.717, 1.165) is 32.4 Å². The van der Waals surface area contributed by atoms with E-state index in [-0.39, 0.29) is 5.56 Å². The molecule has 0 fully saturated rings. The molecule has 1 N–H and O–H groups in total. The quantitative estimate of drug-likeness (QED) is 0.624. The zero-order valence-corrected chi connectivity index (χ0v) is 12.4. The van der Waals surface area contributed by atoms with Gasteiger partial charge >= 0.3 is 0 Å². The Kier molecular flexibility index (Phi) is 8.66. The monoisotopic (exact) mass is 283 g/mol. The SMILES string of the molecule is CCCn1ccnc(NCCCCOCCOC)c1=O. The van der Waals surface area contributed by atoms with Crippen LogP contribution in [-0.2, 0) is 16.0 Å². The summed E-state index contributed by atoms with van der Waals surface area (Å²) < 4.78 is 11.9. The molecule has 0 saturated heterocycles. The second kappa shape index (κ2) is 10.4. The van der Waals surface area contributed by atoms with Crippen molar-refractivity contribution >= 4 is 5.82 Å². The molecule has 0 aliphatic carbocycles. The van der Waals surface area contributed by atoms with Crippen molar-refractivity contribution < 1.29 is 9.47 Å². The van der Waals surface area contributed by atoms with Gasteiger partial charge in [0.05, 0.1) is 13.2 Å². The second-order valence-electron chi connectivity index (χ2n) is 4.51. The van der Waals surface area contributed by atoms with Gasteiger partial charge in [-0.2, -0.15) is 0 Å². The molecule has 0 atom stereocenters. The van der Waals surface area contributed by atoms with E-state index < -0.39 is 0 Å². The number of aromatic nitrogens is 2. The van der Waals surface area contributed by atoms with Gasteiger partial charge in [0.1, 0.15) is 0 Å². The first-order valence-electron chi connectivity index (χ1n) is 7.15. The summed E-state index contributed by atoms with van der Waals surface area (Å²) in [6.45, 7) is 5.47. The zero-order chi connectivity index (χ0) is 14.6. The van der Waals surface area contributed by atoms with E-state index in [1.165, 1.54) is 0 Å². The van der Waals surface area contributed by atoms with Crippen molar-refractivity contribution in [3.8, 4) is 0 Å². The third kappa shape index (κ3) is 6.16. The van der Waals surface area contributed by atoms with E-state index in [1.54, 1.807) is 24.1 Å². The average Bonchev–Trinajstić information content (AvgIpc) is 2.45. The lowest BCUT2D eigenvalue weighted by Crippen LogP contribution is -2.24. The summed E-state index contributed by atoms with van der Waals surface area (Å²) in [5.74, 6) is 0.432. The number of methoxy groups -OCH3 is 1. The summed E-state index contributed by atoms with van der Waals surface area (Å²) >= 11 is 0. The van der Waals surface area contributed by atoms with E-state index >= 15 is 0 Å². The van der Waals surface area contributed by atoms with Crippen molar-refractivity contribution in [2.24, 2.45) is 0 Å². The third-order valence-corrected chi connectivity index (χ3v) is 2.82. The Morgan fingerprint density at radius 2 is 2.15 bits per heavy atom. The topological polar surface area (TPSA) is 65.4 Å². The third-order valence-electron chi connectivity index (χ3n) is 2.82. The summed E-state index contributed by atoms with van der Waals surface area (Å²) in [4.78, 5) is 16.1. The van der Waals surface area contributed by atoms with Crippen molar-refractivity contribution in [2.45, 2.75) is 32.7 Å². The van der Waals surface area contributed by atoms with Crippen LogP contribution in [0.3, 0.4) is 0 Å². The molecule has 0 aliphatic rings. The van der Waals surface area contributed by atoms with Gasteiger partial charge in [0.25, 0.3) is 5.56 Å². The Hall–Kier alpha value is -1.40. The molecule has 0 saturated carbocycles. The number of hydrogen-bond donors (Lipinski definition) is 1. The van der Waals surface area contributed by atoms with Crippen LogP contribution in [0, 0.1) is 0 Å². The summed E-state index contributed by atoms with van der Waals surface area (Å²) in [5, 5.41) is 3.09. The Bertz CT molecular complexity index is 420. The molecule has 0 aromatic carbocycles. The van der Waals surface area contributed by atoms with Gasteiger partial charge in [-0.05, 0) is 19.3 Å². The fraction of sp³-hybridized carbons (Fsp3) is 0.714. The van der Waals surface area contributed by atoms with Crippen LogP contribution in [-0.4, -0.2) is 43.0 Å². The minimum atomic E-state index is -0.0503. The van der Waals surface area contributed by atoms with Crippen LogP contribution < -0.4 is 10.9 Å². The molecular formula is C14H25N3O3. The van der Waals surface area contributed by atoms with Gasteiger partial charge in [-0.15, -0.1) is 0 Å². The standard InChI is InChI=1S/C14H25N3O3/c1-3-8-17-9-7-16-13(14(17)18)15-6-4-5-10-20-12-11-19-2/h7,9H,3-6,8,10-12H2,1-2H3,(H,15,16). The fourth-order valence-electron chi connectivity index (χ4n) is 1.77. The van der Waals surface area contributed by atoms with Crippen LogP contribution in [0.1, 0.15) is 26.2 Å². The van der Waals surface area contributed by atoms with Crippen molar-refractivity contribution in [1.82, 2.24) is 9.55 Å². The Labute approximate surface area is 120 Å². The number of rotatable bonds is 11. The smallest absolute Gasteiger partial charge is 0.293 e. The molecule has 0 radical (unpaired) electrons. The largest absolute Gasteiger partial charge is 0.382 e. The number of aryl methyl sites for hydroxylation is 1. The first kappa shape index (κ1) is 16.7. The van der Waals surface area contributed by atoms with Gasteiger partial charge in [0.2, 0.25) is 0 Å². The van der Waals surface area contributed by atoms with E-state index in [9.17, 15) is 4.79 Å². The van der Waals surface area contributed by atoms with Crippen LogP contribution in [0.4, 0.5) is 5.82 Å².